The van der Waals surface area contributed by atoms with E-state index < -0.39 is 5.97 Å². The van der Waals surface area contributed by atoms with Crippen molar-refractivity contribution in [1.29, 1.82) is 0 Å². The number of carboxylic acids is 1. The fraction of sp³-hybridized carbons (Fsp3) is 0.636. The Morgan fingerprint density at radius 3 is 2.73 bits per heavy atom. The Kier molecular flexibility index (Phi) is 3.88. The molecule has 0 spiro atoms. The van der Waals surface area contributed by atoms with Gasteiger partial charge in [-0.1, -0.05) is 20.8 Å². The first-order chi connectivity index (χ1) is 6.99. The molecular weight excluding hydrogens is 192 g/mol. The van der Waals surface area contributed by atoms with Crippen LogP contribution in [0.25, 0.3) is 0 Å². The van der Waals surface area contributed by atoms with Crippen LogP contribution in [0, 0.1) is 11.8 Å². The van der Waals surface area contributed by atoms with Crippen LogP contribution in [0.2, 0.25) is 0 Å². The molecule has 0 aromatic carbocycles. The molecule has 1 heterocycles. The Bertz CT molecular complexity index is 331. The number of hydrogen-bond acceptors (Lipinski definition) is 2. The molecule has 4 heteroatoms. The van der Waals surface area contributed by atoms with Gasteiger partial charge in [0, 0.05) is 19.2 Å². The van der Waals surface area contributed by atoms with Crippen LogP contribution in [-0.4, -0.2) is 20.6 Å². The Balaban J connectivity index is 2.56. The highest BCUT2D eigenvalue weighted by Crippen LogP contribution is 2.07. The summed E-state index contributed by atoms with van der Waals surface area (Å²) in [6.45, 7) is 6.90. The maximum atomic E-state index is 10.7. The predicted molar refractivity (Wildman–Crippen MR) is 57.6 cm³/mol. The van der Waals surface area contributed by atoms with Gasteiger partial charge in [0.2, 0.25) is 0 Å². The van der Waals surface area contributed by atoms with Gasteiger partial charge in [-0.3, -0.25) is 4.79 Å². The molecule has 0 radical (unpaired) electrons. The largest absolute Gasteiger partial charge is 0.481 e. The normalized spacial score (nSPS) is 13.1. The van der Waals surface area contributed by atoms with Gasteiger partial charge < -0.3 is 9.67 Å². The number of hydrogen-bond donors (Lipinski definition) is 1. The lowest BCUT2D eigenvalue weighted by Crippen LogP contribution is -2.12. The van der Waals surface area contributed by atoms with E-state index in [0.717, 1.165) is 12.2 Å². The highest BCUT2D eigenvalue weighted by molar-refractivity contribution is 5.69. The fourth-order valence-electron chi connectivity index (χ4n) is 1.43. The summed E-state index contributed by atoms with van der Waals surface area (Å²) < 4.78 is 2.01. The smallest absolute Gasteiger partial charge is 0.306 e. The lowest BCUT2D eigenvalue weighted by Gasteiger charge is -2.04. The first-order valence-corrected chi connectivity index (χ1v) is 5.22. The van der Waals surface area contributed by atoms with Crippen LogP contribution >= 0.6 is 0 Å². The number of nitrogens with zero attached hydrogens (tertiary/aromatic N) is 2. The minimum absolute atomic E-state index is 0.368. The van der Waals surface area contributed by atoms with E-state index in [9.17, 15) is 4.79 Å². The number of aliphatic carboxylic acids is 1. The summed E-state index contributed by atoms with van der Waals surface area (Å²) in [6.07, 6.45) is 4.20. The van der Waals surface area contributed by atoms with Gasteiger partial charge in [-0.15, -0.1) is 0 Å². The molecule has 84 valence electrons. The van der Waals surface area contributed by atoms with E-state index >= 15 is 0 Å². The van der Waals surface area contributed by atoms with Crippen LogP contribution in [0.4, 0.5) is 0 Å². The summed E-state index contributed by atoms with van der Waals surface area (Å²) in [5.41, 5.74) is 0.852. The van der Waals surface area contributed by atoms with E-state index in [-0.39, 0.29) is 5.92 Å². The van der Waals surface area contributed by atoms with E-state index in [0.29, 0.717) is 12.3 Å². The molecule has 1 N–H and O–H groups in total. The summed E-state index contributed by atoms with van der Waals surface area (Å²) >= 11 is 0. The van der Waals surface area contributed by atoms with Gasteiger partial charge in [0.1, 0.15) is 0 Å². The minimum Gasteiger partial charge on any atom is -0.481 e. The second-order valence-corrected chi connectivity index (χ2v) is 4.40. The van der Waals surface area contributed by atoms with Crippen molar-refractivity contribution in [2.24, 2.45) is 11.8 Å². The summed E-state index contributed by atoms with van der Waals surface area (Å²) in [6, 6.07) is 0. The van der Waals surface area contributed by atoms with Crippen LogP contribution in [0.15, 0.2) is 12.5 Å². The predicted octanol–water partition coefficient (Wildman–Crippen LogP) is 1.80. The van der Waals surface area contributed by atoms with Gasteiger partial charge in [0.25, 0.3) is 0 Å². The number of rotatable bonds is 5. The molecule has 1 atom stereocenters. The van der Waals surface area contributed by atoms with E-state index in [4.69, 9.17) is 5.11 Å². The lowest BCUT2D eigenvalue weighted by molar-refractivity contribution is -0.141. The van der Waals surface area contributed by atoms with E-state index in [2.05, 4.69) is 18.8 Å². The third kappa shape index (κ3) is 3.73. The Labute approximate surface area is 89.9 Å². The number of aromatic nitrogens is 2. The lowest BCUT2D eigenvalue weighted by atomic mass is 10.1. The van der Waals surface area contributed by atoms with Gasteiger partial charge >= 0.3 is 5.97 Å². The minimum atomic E-state index is -0.770. The summed E-state index contributed by atoms with van der Waals surface area (Å²) in [5, 5.41) is 8.76. The standard InChI is InChI=1S/C11H18N2O2/c1-8(2)5-13-6-10(12-7-13)4-9(3)11(14)15/h6-9H,4-5H2,1-3H3,(H,14,15). The highest BCUT2D eigenvalue weighted by atomic mass is 16.4. The molecule has 1 unspecified atom stereocenters. The second-order valence-electron chi connectivity index (χ2n) is 4.40. The number of imidazole rings is 1. The number of carbonyl (C=O) groups is 1. The van der Waals surface area contributed by atoms with Crippen LogP contribution in [0.1, 0.15) is 26.5 Å². The molecule has 4 nitrogen and oxygen atoms in total. The third-order valence-corrected chi connectivity index (χ3v) is 2.20. The zero-order chi connectivity index (χ0) is 11.4. The van der Waals surface area contributed by atoms with Crippen LogP contribution in [0.5, 0.6) is 0 Å². The molecule has 0 fully saturated rings. The molecule has 0 aliphatic heterocycles. The topological polar surface area (TPSA) is 55.1 Å². The molecule has 0 saturated heterocycles. The van der Waals surface area contributed by atoms with Crippen molar-refractivity contribution in [3.8, 4) is 0 Å². The van der Waals surface area contributed by atoms with Crippen LogP contribution in [0.3, 0.4) is 0 Å². The number of carboxylic acid groups (broad SMARTS) is 1. The first kappa shape index (κ1) is 11.8. The zero-order valence-electron chi connectivity index (χ0n) is 9.47. The molecule has 1 rings (SSSR count). The molecule has 0 aliphatic rings. The molecule has 0 bridgehead atoms. The van der Waals surface area contributed by atoms with E-state index in [1.807, 2.05) is 10.8 Å². The van der Waals surface area contributed by atoms with Crippen molar-refractivity contribution in [2.45, 2.75) is 33.7 Å². The molecule has 15 heavy (non-hydrogen) atoms. The molecule has 1 aromatic heterocycles. The Morgan fingerprint density at radius 2 is 2.20 bits per heavy atom. The molecule has 1 aromatic rings. The summed E-state index contributed by atoms with van der Waals surface area (Å²) in [7, 11) is 0. The first-order valence-electron chi connectivity index (χ1n) is 5.22. The average molecular weight is 210 g/mol. The van der Waals surface area contributed by atoms with Crippen molar-refractivity contribution in [2.75, 3.05) is 0 Å². The third-order valence-electron chi connectivity index (χ3n) is 2.20. The van der Waals surface area contributed by atoms with Crippen LogP contribution < -0.4 is 0 Å². The fourth-order valence-corrected chi connectivity index (χ4v) is 1.43. The van der Waals surface area contributed by atoms with Gasteiger partial charge in [-0.2, -0.15) is 0 Å². The average Bonchev–Trinajstić information content (AvgIpc) is 2.51. The Morgan fingerprint density at radius 1 is 1.53 bits per heavy atom. The highest BCUT2D eigenvalue weighted by Gasteiger charge is 2.13. The van der Waals surface area contributed by atoms with Gasteiger partial charge in [-0.05, 0) is 5.92 Å². The molecular formula is C11H18N2O2. The molecule has 0 saturated carbocycles. The van der Waals surface area contributed by atoms with E-state index in [1.54, 1.807) is 13.3 Å². The van der Waals surface area contributed by atoms with Gasteiger partial charge in [0.15, 0.2) is 0 Å². The van der Waals surface area contributed by atoms with Gasteiger partial charge in [0.05, 0.1) is 17.9 Å². The quantitative estimate of drug-likeness (QED) is 0.806. The van der Waals surface area contributed by atoms with Crippen molar-refractivity contribution >= 4 is 5.97 Å². The molecule has 0 aliphatic carbocycles. The molecule has 0 amide bonds. The summed E-state index contributed by atoms with van der Waals surface area (Å²) in [4.78, 5) is 14.8. The summed E-state index contributed by atoms with van der Waals surface area (Å²) in [5.74, 6) is -0.565. The van der Waals surface area contributed by atoms with Crippen molar-refractivity contribution < 1.29 is 9.90 Å². The maximum absolute atomic E-state index is 10.7. The SMILES string of the molecule is CC(C)Cn1cnc(CC(C)C(=O)O)c1. The van der Waals surface area contributed by atoms with Crippen LogP contribution in [-0.2, 0) is 17.8 Å². The zero-order valence-corrected chi connectivity index (χ0v) is 9.47. The van der Waals surface area contributed by atoms with Crippen molar-refractivity contribution in [3.05, 3.63) is 18.2 Å². The van der Waals surface area contributed by atoms with Crippen molar-refractivity contribution in [3.63, 3.8) is 0 Å². The van der Waals surface area contributed by atoms with E-state index in [1.165, 1.54) is 0 Å². The Hall–Kier alpha value is -1.32. The monoisotopic (exact) mass is 210 g/mol. The van der Waals surface area contributed by atoms with Crippen molar-refractivity contribution in [1.82, 2.24) is 9.55 Å². The second kappa shape index (κ2) is 4.96. The maximum Gasteiger partial charge on any atom is 0.306 e. The van der Waals surface area contributed by atoms with Gasteiger partial charge in [-0.25, -0.2) is 4.98 Å².